The molecule has 1 aliphatic rings. The van der Waals surface area contributed by atoms with E-state index in [1.165, 1.54) is 16.7 Å². The molecule has 1 rings (SSSR count). The van der Waals surface area contributed by atoms with Crippen molar-refractivity contribution in [2.45, 2.75) is 66.7 Å². The Morgan fingerprint density at radius 3 is 1.50 bits per heavy atom. The van der Waals surface area contributed by atoms with Crippen LogP contribution in [-0.4, -0.2) is 0 Å². The molecular weight excluding hydrogens is 264 g/mol. The van der Waals surface area contributed by atoms with Gasteiger partial charge in [0.15, 0.2) is 0 Å². The fourth-order valence-corrected chi connectivity index (χ4v) is 4.98. The third-order valence-electron chi connectivity index (χ3n) is 5.95. The van der Waals surface area contributed by atoms with E-state index in [0.29, 0.717) is 0 Å². The first-order valence-corrected chi connectivity index (χ1v) is 8.89. The van der Waals surface area contributed by atoms with E-state index in [2.05, 4.69) is 72.6 Å². The summed E-state index contributed by atoms with van der Waals surface area (Å²) in [6, 6.07) is 0. The maximum atomic E-state index is 4.27. The third-order valence-corrected chi connectivity index (χ3v) is 5.95. The summed E-state index contributed by atoms with van der Waals surface area (Å²) >= 11 is 0. The predicted octanol–water partition coefficient (Wildman–Crippen LogP) is 7.17. The summed E-state index contributed by atoms with van der Waals surface area (Å²) in [5.41, 5.74) is 5.85. The number of hydrogen-bond donors (Lipinski definition) is 0. The highest BCUT2D eigenvalue weighted by Crippen LogP contribution is 2.62. The van der Waals surface area contributed by atoms with Crippen molar-refractivity contribution in [2.75, 3.05) is 0 Å². The Hall–Kier alpha value is -1.30. The molecule has 0 heteroatoms. The van der Waals surface area contributed by atoms with Gasteiger partial charge in [-0.05, 0) is 48.8 Å². The second kappa shape index (κ2) is 7.31. The molecule has 0 aliphatic heterocycles. The Morgan fingerprint density at radius 2 is 1.23 bits per heavy atom. The van der Waals surface area contributed by atoms with E-state index >= 15 is 0 Å². The van der Waals surface area contributed by atoms with Crippen molar-refractivity contribution < 1.29 is 0 Å². The highest BCUT2D eigenvalue weighted by atomic mass is 14.5. The van der Waals surface area contributed by atoms with Crippen LogP contribution in [0.25, 0.3) is 0 Å². The SMILES string of the molecule is C=CC1=C(CC)C(CC)=C(CC)C(C=C)(CC)C1(C=C)CC. The topological polar surface area (TPSA) is 0 Å². The van der Waals surface area contributed by atoms with Crippen LogP contribution in [0.15, 0.2) is 60.3 Å². The lowest BCUT2D eigenvalue weighted by atomic mass is 9.49. The maximum absolute atomic E-state index is 4.27. The summed E-state index contributed by atoms with van der Waals surface area (Å²) in [6.45, 7) is 24.1. The Labute approximate surface area is 138 Å². The van der Waals surface area contributed by atoms with Crippen LogP contribution in [0.1, 0.15) is 66.7 Å². The number of rotatable bonds is 8. The van der Waals surface area contributed by atoms with Gasteiger partial charge in [0.1, 0.15) is 0 Å². The lowest BCUT2D eigenvalue weighted by molar-refractivity contribution is 0.200. The highest BCUT2D eigenvalue weighted by molar-refractivity contribution is 5.57. The van der Waals surface area contributed by atoms with E-state index in [1.807, 2.05) is 0 Å². The minimum absolute atomic E-state index is 0.0359. The smallest absolute Gasteiger partial charge is 0.0258 e. The second-order valence-electron chi connectivity index (χ2n) is 6.17. The molecule has 0 saturated heterocycles. The molecule has 22 heavy (non-hydrogen) atoms. The largest absolute Gasteiger partial charge is 0.102 e. The molecule has 0 spiro atoms. The van der Waals surface area contributed by atoms with Gasteiger partial charge in [-0.1, -0.05) is 65.0 Å². The van der Waals surface area contributed by atoms with Gasteiger partial charge >= 0.3 is 0 Å². The quantitative estimate of drug-likeness (QED) is 0.416. The third kappa shape index (κ3) is 2.19. The maximum Gasteiger partial charge on any atom is 0.0258 e. The van der Waals surface area contributed by atoms with E-state index in [1.54, 1.807) is 5.57 Å². The molecule has 2 unspecified atom stereocenters. The fraction of sp³-hybridized carbons (Fsp3) is 0.545. The summed E-state index contributed by atoms with van der Waals surface area (Å²) in [4.78, 5) is 0. The van der Waals surface area contributed by atoms with Crippen molar-refractivity contribution in [1.82, 2.24) is 0 Å². The lowest BCUT2D eigenvalue weighted by Gasteiger charge is -2.54. The normalized spacial score (nSPS) is 28.8. The molecule has 0 fully saturated rings. The van der Waals surface area contributed by atoms with Crippen molar-refractivity contribution in [3.63, 3.8) is 0 Å². The molecule has 0 saturated carbocycles. The van der Waals surface area contributed by atoms with Crippen molar-refractivity contribution in [2.24, 2.45) is 10.8 Å². The monoisotopic (exact) mass is 298 g/mol. The van der Waals surface area contributed by atoms with Crippen LogP contribution in [0, 0.1) is 10.8 Å². The first-order chi connectivity index (χ1) is 10.5. The standard InChI is InChI=1S/C22H34/c1-9-17-18(10-2)20(12-4)22(15-7,16-8)21(13-5,14-6)19(17)11-3/h11,13,15H,3,5,7,9-10,12,14,16H2,1-2,4,6,8H3. The Morgan fingerprint density at radius 1 is 0.727 bits per heavy atom. The average Bonchev–Trinajstić information content (AvgIpc) is 2.58. The minimum atomic E-state index is -0.0827. The Balaban J connectivity index is 4.02. The number of hydrogen-bond acceptors (Lipinski definition) is 0. The highest BCUT2D eigenvalue weighted by Gasteiger charge is 2.52. The Bertz CT molecular complexity index is 514. The van der Waals surface area contributed by atoms with Gasteiger partial charge in [-0.2, -0.15) is 0 Å². The molecule has 122 valence electrons. The number of allylic oxidation sites excluding steroid dienone is 7. The van der Waals surface area contributed by atoms with Gasteiger partial charge in [0.05, 0.1) is 0 Å². The summed E-state index contributed by atoms with van der Waals surface area (Å²) in [6.07, 6.45) is 11.7. The van der Waals surface area contributed by atoms with Crippen LogP contribution in [0.3, 0.4) is 0 Å². The zero-order valence-electron chi connectivity index (χ0n) is 15.4. The summed E-state index contributed by atoms with van der Waals surface area (Å²) in [7, 11) is 0. The molecule has 0 aromatic carbocycles. The van der Waals surface area contributed by atoms with Crippen molar-refractivity contribution >= 4 is 0 Å². The van der Waals surface area contributed by atoms with E-state index < -0.39 is 0 Å². The van der Waals surface area contributed by atoms with Gasteiger partial charge in [-0.25, -0.2) is 0 Å². The molecular formula is C22H34. The van der Waals surface area contributed by atoms with Gasteiger partial charge in [0, 0.05) is 10.8 Å². The zero-order chi connectivity index (χ0) is 17.0. The lowest BCUT2D eigenvalue weighted by Crippen LogP contribution is -2.44. The van der Waals surface area contributed by atoms with Crippen molar-refractivity contribution in [3.05, 3.63) is 60.3 Å². The van der Waals surface area contributed by atoms with Gasteiger partial charge in [0.2, 0.25) is 0 Å². The molecule has 2 atom stereocenters. The minimum Gasteiger partial charge on any atom is -0.102 e. The molecule has 1 aliphatic carbocycles. The summed E-state index contributed by atoms with van der Waals surface area (Å²) in [5.74, 6) is 0. The van der Waals surface area contributed by atoms with E-state index in [0.717, 1.165) is 32.1 Å². The molecule has 0 heterocycles. The molecule has 0 amide bonds. The predicted molar refractivity (Wildman–Crippen MR) is 101 cm³/mol. The van der Waals surface area contributed by atoms with Crippen LogP contribution in [0.4, 0.5) is 0 Å². The average molecular weight is 299 g/mol. The van der Waals surface area contributed by atoms with Crippen molar-refractivity contribution in [1.29, 1.82) is 0 Å². The van der Waals surface area contributed by atoms with Gasteiger partial charge < -0.3 is 0 Å². The molecule has 0 nitrogen and oxygen atoms in total. The fourth-order valence-electron chi connectivity index (χ4n) is 4.98. The molecule has 0 bridgehead atoms. The zero-order valence-corrected chi connectivity index (χ0v) is 15.4. The summed E-state index contributed by atoms with van der Waals surface area (Å²) < 4.78 is 0. The van der Waals surface area contributed by atoms with Crippen LogP contribution in [-0.2, 0) is 0 Å². The van der Waals surface area contributed by atoms with Gasteiger partial charge in [-0.15, -0.1) is 13.2 Å². The van der Waals surface area contributed by atoms with E-state index in [-0.39, 0.29) is 10.8 Å². The summed E-state index contributed by atoms with van der Waals surface area (Å²) in [5, 5.41) is 0. The van der Waals surface area contributed by atoms with Crippen LogP contribution in [0.5, 0.6) is 0 Å². The molecule has 0 aromatic heterocycles. The van der Waals surface area contributed by atoms with E-state index in [4.69, 9.17) is 0 Å². The second-order valence-corrected chi connectivity index (χ2v) is 6.17. The molecule has 0 radical (unpaired) electrons. The first kappa shape index (κ1) is 18.7. The molecule has 0 N–H and O–H groups in total. The van der Waals surface area contributed by atoms with Crippen LogP contribution in [0.2, 0.25) is 0 Å². The van der Waals surface area contributed by atoms with Gasteiger partial charge in [0.25, 0.3) is 0 Å². The van der Waals surface area contributed by atoms with Crippen molar-refractivity contribution in [3.8, 4) is 0 Å². The van der Waals surface area contributed by atoms with E-state index in [9.17, 15) is 0 Å². The molecule has 0 aromatic rings. The van der Waals surface area contributed by atoms with Gasteiger partial charge in [-0.3, -0.25) is 0 Å². The Kier molecular flexibility index (Phi) is 6.23. The van der Waals surface area contributed by atoms with Crippen LogP contribution >= 0.6 is 0 Å². The van der Waals surface area contributed by atoms with Crippen LogP contribution < -0.4 is 0 Å². The first-order valence-electron chi connectivity index (χ1n) is 8.89.